The predicted octanol–water partition coefficient (Wildman–Crippen LogP) is 4.83. The number of ether oxygens (including phenoxy) is 1. The van der Waals surface area contributed by atoms with Gasteiger partial charge in [0.1, 0.15) is 11.6 Å². The number of nitrogens with zero attached hydrogens (tertiary/aromatic N) is 1. The van der Waals surface area contributed by atoms with Gasteiger partial charge in [0.15, 0.2) is 5.78 Å². The third-order valence-electron chi connectivity index (χ3n) is 4.50. The van der Waals surface area contributed by atoms with E-state index in [0.717, 1.165) is 10.9 Å². The van der Waals surface area contributed by atoms with E-state index >= 15 is 0 Å². The van der Waals surface area contributed by atoms with Crippen molar-refractivity contribution in [2.45, 2.75) is 32.5 Å². The van der Waals surface area contributed by atoms with Crippen molar-refractivity contribution < 1.29 is 13.9 Å². The van der Waals surface area contributed by atoms with Gasteiger partial charge in [0.05, 0.1) is 16.7 Å². The van der Waals surface area contributed by atoms with Crippen molar-refractivity contribution in [3.8, 4) is 5.75 Å². The highest BCUT2D eigenvalue weighted by Gasteiger charge is 2.34. The number of hydrogen-bond donors (Lipinski definition) is 1. The Morgan fingerprint density at radius 1 is 1.15 bits per heavy atom. The van der Waals surface area contributed by atoms with E-state index in [9.17, 15) is 9.18 Å². The predicted molar refractivity (Wildman–Crippen MR) is 103 cm³/mol. The van der Waals surface area contributed by atoms with Gasteiger partial charge in [-0.1, -0.05) is 18.2 Å². The molecular formula is C22H21FN2O2. The molecule has 1 aliphatic heterocycles. The number of Topliss-reactive ketones (excluding diaryl/α,β-unsaturated/α-hetero) is 1. The summed E-state index contributed by atoms with van der Waals surface area (Å²) in [6.45, 7) is 6.02. The molecule has 1 aliphatic rings. The minimum atomic E-state index is -0.634. The summed E-state index contributed by atoms with van der Waals surface area (Å²) in [6, 6.07) is 13.9. The quantitative estimate of drug-likeness (QED) is 0.663. The van der Waals surface area contributed by atoms with Gasteiger partial charge in [0.25, 0.3) is 0 Å². The molecule has 0 amide bonds. The van der Waals surface area contributed by atoms with Gasteiger partial charge in [-0.2, -0.15) is 0 Å². The molecule has 1 aromatic heterocycles. The smallest absolute Gasteiger partial charge is 0.207 e. The number of para-hydroxylation sites is 1. The van der Waals surface area contributed by atoms with Gasteiger partial charge in [-0.05, 0) is 56.5 Å². The summed E-state index contributed by atoms with van der Waals surface area (Å²) >= 11 is 0. The maximum absolute atomic E-state index is 13.7. The van der Waals surface area contributed by atoms with Gasteiger partial charge in [-0.25, -0.2) is 4.39 Å². The molecule has 2 aromatic carbocycles. The lowest BCUT2D eigenvalue weighted by molar-refractivity contribution is 0.0900. The molecule has 2 heterocycles. The van der Waals surface area contributed by atoms with E-state index in [2.05, 4.69) is 5.32 Å². The van der Waals surface area contributed by atoms with Gasteiger partial charge >= 0.3 is 0 Å². The largest absolute Gasteiger partial charge is 0.465 e. The zero-order valence-corrected chi connectivity index (χ0v) is 15.5. The van der Waals surface area contributed by atoms with Crippen LogP contribution < -0.4 is 10.1 Å². The number of nitrogens with one attached hydrogen (secondary N) is 1. The van der Waals surface area contributed by atoms with Crippen LogP contribution >= 0.6 is 0 Å². The number of halogens is 1. The molecule has 138 valence electrons. The summed E-state index contributed by atoms with van der Waals surface area (Å²) < 4.78 is 21.8. The average Bonchev–Trinajstić information content (AvgIpc) is 3.04. The Morgan fingerprint density at radius 2 is 1.93 bits per heavy atom. The third kappa shape index (κ3) is 3.21. The monoisotopic (exact) mass is 364 g/mol. The molecule has 1 N–H and O–H groups in total. The highest BCUT2D eigenvalue weighted by atomic mass is 19.1. The molecule has 1 atom stereocenters. The SMILES string of the molecule is CC(C)(C)N/C=C1\C(=O)c2cc(F)ccc2OC1n1ccc2ccccc21. The van der Waals surface area contributed by atoms with Crippen LogP contribution in [-0.2, 0) is 0 Å². The van der Waals surface area contributed by atoms with Crippen molar-refractivity contribution in [3.05, 3.63) is 77.9 Å². The molecule has 0 saturated heterocycles. The maximum Gasteiger partial charge on any atom is 0.207 e. The molecule has 0 fully saturated rings. The number of carbonyl (C=O) groups excluding carboxylic acids is 1. The Balaban J connectivity index is 1.87. The van der Waals surface area contributed by atoms with Crippen molar-refractivity contribution in [1.82, 2.24) is 9.88 Å². The second kappa shape index (κ2) is 6.27. The first-order valence-corrected chi connectivity index (χ1v) is 8.88. The van der Waals surface area contributed by atoms with Crippen molar-refractivity contribution >= 4 is 16.7 Å². The minimum absolute atomic E-state index is 0.223. The van der Waals surface area contributed by atoms with Gasteiger partial charge in [-0.15, -0.1) is 0 Å². The van der Waals surface area contributed by atoms with E-state index in [0.29, 0.717) is 11.3 Å². The number of rotatable bonds is 2. The Bertz CT molecular complexity index is 1060. The third-order valence-corrected chi connectivity index (χ3v) is 4.50. The summed E-state index contributed by atoms with van der Waals surface area (Å²) in [5.74, 6) is -0.314. The highest BCUT2D eigenvalue weighted by molar-refractivity contribution is 6.12. The maximum atomic E-state index is 13.7. The Kier molecular flexibility index (Phi) is 4.02. The van der Waals surface area contributed by atoms with Crippen LogP contribution in [0.3, 0.4) is 0 Å². The van der Waals surface area contributed by atoms with Gasteiger partial charge < -0.3 is 14.6 Å². The molecule has 3 aromatic rings. The first-order valence-electron chi connectivity index (χ1n) is 8.88. The lowest BCUT2D eigenvalue weighted by atomic mass is 9.98. The average molecular weight is 364 g/mol. The Labute approximate surface area is 157 Å². The van der Waals surface area contributed by atoms with Crippen LogP contribution in [0.4, 0.5) is 4.39 Å². The van der Waals surface area contributed by atoms with Gasteiger partial charge in [-0.3, -0.25) is 4.79 Å². The molecule has 27 heavy (non-hydrogen) atoms. The standard InChI is InChI=1S/C22H21FN2O2/c1-22(2,3)24-13-17-20(26)16-12-15(23)8-9-19(16)27-21(17)25-11-10-14-6-4-5-7-18(14)25/h4-13,21,24H,1-3H3/b17-13+. The normalized spacial score (nSPS) is 18.4. The van der Waals surface area contributed by atoms with E-state index in [-0.39, 0.29) is 16.9 Å². The molecule has 5 heteroatoms. The van der Waals surface area contributed by atoms with E-state index in [1.165, 1.54) is 18.2 Å². The summed E-state index contributed by atoms with van der Waals surface area (Å²) in [6.07, 6.45) is 2.96. The fraction of sp³-hybridized carbons (Fsp3) is 0.227. The zero-order chi connectivity index (χ0) is 19.2. The van der Waals surface area contributed by atoms with E-state index in [1.807, 2.05) is 61.9 Å². The molecule has 0 aliphatic carbocycles. The second-order valence-electron chi connectivity index (χ2n) is 7.72. The number of hydrogen-bond acceptors (Lipinski definition) is 3. The number of carbonyl (C=O) groups is 1. The number of benzene rings is 2. The molecule has 0 radical (unpaired) electrons. The van der Waals surface area contributed by atoms with Crippen LogP contribution in [0.5, 0.6) is 5.75 Å². The Morgan fingerprint density at radius 3 is 2.70 bits per heavy atom. The minimum Gasteiger partial charge on any atom is -0.465 e. The van der Waals surface area contributed by atoms with Crippen LogP contribution in [0.15, 0.2) is 66.5 Å². The first kappa shape index (κ1) is 17.3. The first-order chi connectivity index (χ1) is 12.8. The number of fused-ring (bicyclic) bond motifs is 2. The van der Waals surface area contributed by atoms with E-state index in [1.54, 1.807) is 6.20 Å². The van der Waals surface area contributed by atoms with E-state index in [4.69, 9.17) is 4.74 Å². The van der Waals surface area contributed by atoms with Crippen molar-refractivity contribution in [3.63, 3.8) is 0 Å². The van der Waals surface area contributed by atoms with Crippen LogP contribution in [-0.4, -0.2) is 15.9 Å². The van der Waals surface area contributed by atoms with Gasteiger partial charge in [0.2, 0.25) is 6.23 Å². The zero-order valence-electron chi connectivity index (χ0n) is 15.5. The lowest BCUT2D eigenvalue weighted by Gasteiger charge is -2.30. The van der Waals surface area contributed by atoms with Crippen LogP contribution in [0, 0.1) is 5.82 Å². The number of aromatic nitrogens is 1. The second-order valence-corrected chi connectivity index (χ2v) is 7.72. The molecule has 0 saturated carbocycles. The molecule has 1 unspecified atom stereocenters. The Hall–Kier alpha value is -3.08. The van der Waals surface area contributed by atoms with Crippen molar-refractivity contribution in [1.29, 1.82) is 0 Å². The summed E-state index contributed by atoms with van der Waals surface area (Å²) in [5, 5.41) is 4.29. The lowest BCUT2D eigenvalue weighted by Crippen LogP contribution is -2.35. The summed E-state index contributed by atoms with van der Waals surface area (Å²) in [7, 11) is 0. The topological polar surface area (TPSA) is 43.3 Å². The van der Waals surface area contributed by atoms with Crippen molar-refractivity contribution in [2.75, 3.05) is 0 Å². The van der Waals surface area contributed by atoms with Crippen LogP contribution in [0.2, 0.25) is 0 Å². The fourth-order valence-electron chi connectivity index (χ4n) is 3.18. The molecule has 4 rings (SSSR count). The van der Waals surface area contributed by atoms with Crippen LogP contribution in [0.25, 0.3) is 10.9 Å². The highest BCUT2D eigenvalue weighted by Crippen LogP contribution is 2.37. The van der Waals surface area contributed by atoms with Crippen molar-refractivity contribution in [2.24, 2.45) is 0 Å². The summed E-state index contributed by atoms with van der Waals surface area (Å²) in [4.78, 5) is 13.2. The summed E-state index contributed by atoms with van der Waals surface area (Å²) in [5.41, 5.74) is 1.41. The van der Waals surface area contributed by atoms with E-state index < -0.39 is 12.0 Å². The fourth-order valence-corrected chi connectivity index (χ4v) is 3.18. The molecule has 0 spiro atoms. The van der Waals surface area contributed by atoms with Crippen LogP contribution in [0.1, 0.15) is 37.4 Å². The number of ketones is 1. The molecular weight excluding hydrogens is 343 g/mol. The molecule has 4 nitrogen and oxygen atoms in total. The van der Waals surface area contributed by atoms with Gasteiger partial charge in [0, 0.05) is 17.9 Å². The molecule has 0 bridgehead atoms.